The van der Waals surface area contributed by atoms with E-state index in [0.717, 1.165) is 29.3 Å². The molecule has 1 fully saturated rings. The quantitative estimate of drug-likeness (QED) is 0.888. The highest BCUT2D eigenvalue weighted by molar-refractivity contribution is 6.05. The maximum atomic E-state index is 12.8. The van der Waals surface area contributed by atoms with E-state index in [1.165, 1.54) is 0 Å². The first-order valence-corrected chi connectivity index (χ1v) is 7.48. The fourth-order valence-electron chi connectivity index (χ4n) is 3.21. The van der Waals surface area contributed by atoms with Crippen LogP contribution in [-0.4, -0.2) is 45.3 Å². The minimum absolute atomic E-state index is 0.00822. The summed E-state index contributed by atoms with van der Waals surface area (Å²) in [6.45, 7) is 4.79. The molecular formula is C16H21N3O2. The highest BCUT2D eigenvalue weighted by atomic mass is 16.3. The van der Waals surface area contributed by atoms with Gasteiger partial charge in [0.25, 0.3) is 5.91 Å². The van der Waals surface area contributed by atoms with Crippen LogP contribution in [-0.2, 0) is 0 Å². The number of benzene rings is 1. The Morgan fingerprint density at radius 1 is 1.52 bits per heavy atom. The van der Waals surface area contributed by atoms with Crippen LogP contribution < -0.4 is 0 Å². The zero-order valence-corrected chi connectivity index (χ0v) is 12.5. The van der Waals surface area contributed by atoms with E-state index >= 15 is 0 Å². The van der Waals surface area contributed by atoms with Gasteiger partial charge >= 0.3 is 0 Å². The normalized spacial score (nSPS) is 22.7. The van der Waals surface area contributed by atoms with E-state index in [0.29, 0.717) is 18.2 Å². The molecular weight excluding hydrogens is 266 g/mol. The number of aryl methyl sites for hydroxylation is 1. The molecule has 2 unspecified atom stereocenters. The molecule has 2 aromatic rings. The molecule has 5 nitrogen and oxygen atoms in total. The number of piperidine rings is 1. The fourth-order valence-corrected chi connectivity index (χ4v) is 3.21. The van der Waals surface area contributed by atoms with Crippen LogP contribution in [0.1, 0.15) is 35.8 Å². The fraction of sp³-hybridized carbons (Fsp3) is 0.500. The van der Waals surface area contributed by atoms with Crippen LogP contribution >= 0.6 is 0 Å². The van der Waals surface area contributed by atoms with Crippen LogP contribution in [0.15, 0.2) is 18.2 Å². The van der Waals surface area contributed by atoms with Crippen molar-refractivity contribution in [1.82, 2.24) is 15.1 Å². The Labute approximate surface area is 124 Å². The number of aliphatic hydroxyl groups is 1. The van der Waals surface area contributed by atoms with Gasteiger partial charge in [0.15, 0.2) is 5.69 Å². The zero-order chi connectivity index (χ0) is 15.0. The van der Waals surface area contributed by atoms with Crippen LogP contribution in [0.25, 0.3) is 10.9 Å². The number of H-pyrrole nitrogens is 1. The summed E-state index contributed by atoms with van der Waals surface area (Å²) in [5.74, 6) is 0.233. The van der Waals surface area contributed by atoms with Crippen molar-refractivity contribution in [2.45, 2.75) is 32.7 Å². The van der Waals surface area contributed by atoms with Gasteiger partial charge in [0.1, 0.15) is 0 Å². The molecule has 3 rings (SSSR count). The molecule has 0 bridgehead atoms. The van der Waals surface area contributed by atoms with E-state index in [2.05, 4.69) is 17.1 Å². The van der Waals surface area contributed by atoms with Gasteiger partial charge < -0.3 is 10.0 Å². The van der Waals surface area contributed by atoms with Crippen molar-refractivity contribution in [3.8, 4) is 0 Å². The number of fused-ring (bicyclic) bond motifs is 1. The number of carbonyl (C=O) groups excluding carboxylic acids is 1. The molecule has 2 heterocycles. The number of likely N-dealkylation sites (tertiary alicyclic amines) is 1. The first-order valence-electron chi connectivity index (χ1n) is 7.48. The standard InChI is InChI=1S/C16H21N3O2/c1-10-5-6-13-12(8-10)15(18-17-13)16(21)19-7-3-4-11(2)14(19)9-20/h5-6,8,11,14,20H,3-4,7,9H2,1-2H3,(H,17,18). The second-order valence-electron chi connectivity index (χ2n) is 5.99. The second-order valence-corrected chi connectivity index (χ2v) is 5.99. The number of aromatic nitrogens is 2. The highest BCUT2D eigenvalue weighted by Crippen LogP contribution is 2.26. The monoisotopic (exact) mass is 287 g/mol. The van der Waals surface area contributed by atoms with Gasteiger partial charge in [0.05, 0.1) is 18.2 Å². The van der Waals surface area contributed by atoms with E-state index in [4.69, 9.17) is 0 Å². The van der Waals surface area contributed by atoms with Crippen LogP contribution in [0, 0.1) is 12.8 Å². The molecule has 1 aromatic carbocycles. The third-order valence-electron chi connectivity index (χ3n) is 4.48. The lowest BCUT2D eigenvalue weighted by Gasteiger charge is -2.38. The van der Waals surface area contributed by atoms with Gasteiger partial charge in [0, 0.05) is 11.9 Å². The van der Waals surface area contributed by atoms with Crippen molar-refractivity contribution in [2.75, 3.05) is 13.2 Å². The summed E-state index contributed by atoms with van der Waals surface area (Å²) < 4.78 is 0. The van der Waals surface area contributed by atoms with Gasteiger partial charge in [0.2, 0.25) is 0 Å². The summed E-state index contributed by atoms with van der Waals surface area (Å²) in [6.07, 6.45) is 2.03. The van der Waals surface area contributed by atoms with Crippen molar-refractivity contribution >= 4 is 16.8 Å². The smallest absolute Gasteiger partial charge is 0.275 e. The molecule has 1 aromatic heterocycles. The van der Waals surface area contributed by atoms with Crippen LogP contribution in [0.5, 0.6) is 0 Å². The maximum absolute atomic E-state index is 12.8. The topological polar surface area (TPSA) is 69.2 Å². The third-order valence-corrected chi connectivity index (χ3v) is 4.48. The van der Waals surface area contributed by atoms with Crippen LogP contribution in [0.4, 0.5) is 0 Å². The number of aliphatic hydroxyl groups excluding tert-OH is 1. The van der Waals surface area contributed by atoms with Crippen molar-refractivity contribution in [1.29, 1.82) is 0 Å². The Morgan fingerprint density at radius 3 is 3.10 bits per heavy atom. The van der Waals surface area contributed by atoms with E-state index in [9.17, 15) is 9.90 Å². The Balaban J connectivity index is 1.97. The van der Waals surface area contributed by atoms with Gasteiger partial charge in [-0.1, -0.05) is 18.6 Å². The van der Waals surface area contributed by atoms with Crippen molar-refractivity contribution in [2.24, 2.45) is 5.92 Å². The number of hydrogen-bond donors (Lipinski definition) is 2. The molecule has 0 aliphatic carbocycles. The molecule has 1 amide bonds. The van der Waals surface area contributed by atoms with Crippen molar-refractivity contribution in [3.63, 3.8) is 0 Å². The minimum atomic E-state index is -0.109. The average molecular weight is 287 g/mol. The summed E-state index contributed by atoms with van der Waals surface area (Å²) in [4.78, 5) is 14.6. The maximum Gasteiger partial charge on any atom is 0.275 e. The summed E-state index contributed by atoms with van der Waals surface area (Å²) in [5.41, 5.74) is 2.43. The van der Waals surface area contributed by atoms with E-state index in [1.807, 2.05) is 25.1 Å². The first-order chi connectivity index (χ1) is 10.1. The number of aromatic amines is 1. The molecule has 0 radical (unpaired) electrons. The summed E-state index contributed by atoms with van der Waals surface area (Å²) >= 11 is 0. The summed E-state index contributed by atoms with van der Waals surface area (Å²) in [5, 5.41) is 17.6. The largest absolute Gasteiger partial charge is 0.394 e. The molecule has 2 atom stereocenters. The lowest BCUT2D eigenvalue weighted by Crippen LogP contribution is -2.49. The Hall–Kier alpha value is -1.88. The molecule has 0 spiro atoms. The van der Waals surface area contributed by atoms with Gasteiger partial charge in [-0.05, 0) is 37.8 Å². The Kier molecular flexibility index (Phi) is 3.68. The Morgan fingerprint density at radius 2 is 2.33 bits per heavy atom. The lowest BCUT2D eigenvalue weighted by molar-refractivity contribution is 0.0355. The van der Waals surface area contributed by atoms with E-state index in [1.54, 1.807) is 4.90 Å². The number of nitrogens with zero attached hydrogens (tertiary/aromatic N) is 2. The average Bonchev–Trinajstić information content (AvgIpc) is 2.89. The molecule has 112 valence electrons. The molecule has 1 aliphatic heterocycles. The Bertz CT molecular complexity index is 665. The molecule has 1 saturated heterocycles. The number of amides is 1. The molecule has 5 heteroatoms. The number of rotatable bonds is 2. The molecule has 2 N–H and O–H groups in total. The first kappa shape index (κ1) is 14.1. The predicted molar refractivity (Wildman–Crippen MR) is 81.1 cm³/mol. The summed E-state index contributed by atoms with van der Waals surface area (Å²) in [6, 6.07) is 5.81. The second kappa shape index (κ2) is 5.48. The summed E-state index contributed by atoms with van der Waals surface area (Å²) in [7, 11) is 0. The molecule has 0 saturated carbocycles. The number of carbonyl (C=O) groups is 1. The van der Waals surface area contributed by atoms with Gasteiger partial charge in [-0.15, -0.1) is 0 Å². The van der Waals surface area contributed by atoms with Crippen LogP contribution in [0.3, 0.4) is 0 Å². The van der Waals surface area contributed by atoms with Crippen molar-refractivity contribution in [3.05, 3.63) is 29.5 Å². The lowest BCUT2D eigenvalue weighted by atomic mass is 9.91. The van der Waals surface area contributed by atoms with Crippen LogP contribution in [0.2, 0.25) is 0 Å². The molecule has 1 aliphatic rings. The van der Waals surface area contributed by atoms with Gasteiger partial charge in [-0.25, -0.2) is 0 Å². The SMILES string of the molecule is Cc1ccc2[nH]nc(C(=O)N3CCCC(C)C3CO)c2c1. The minimum Gasteiger partial charge on any atom is -0.394 e. The van der Waals surface area contributed by atoms with Gasteiger partial charge in [-0.3, -0.25) is 9.89 Å². The third kappa shape index (κ3) is 2.42. The van der Waals surface area contributed by atoms with E-state index < -0.39 is 0 Å². The number of hydrogen-bond acceptors (Lipinski definition) is 3. The van der Waals surface area contributed by atoms with E-state index in [-0.39, 0.29) is 18.6 Å². The van der Waals surface area contributed by atoms with Gasteiger partial charge in [-0.2, -0.15) is 5.10 Å². The predicted octanol–water partition coefficient (Wildman–Crippen LogP) is 2.10. The van der Waals surface area contributed by atoms with Crippen molar-refractivity contribution < 1.29 is 9.90 Å². The zero-order valence-electron chi connectivity index (χ0n) is 12.5. The highest BCUT2D eigenvalue weighted by Gasteiger charge is 2.33. The number of nitrogens with one attached hydrogen (secondary N) is 1. The molecule has 21 heavy (non-hydrogen) atoms.